The second-order valence-corrected chi connectivity index (χ2v) is 9.61. The second-order valence-electron chi connectivity index (χ2n) is 9.22. The molecule has 0 bridgehead atoms. The maximum atomic E-state index is 5.96. The molecular weight excluding hydrogens is 436 g/mol. The van der Waals surface area contributed by atoms with Gasteiger partial charge < -0.3 is 14.8 Å². The van der Waals surface area contributed by atoms with Gasteiger partial charge in [-0.3, -0.25) is 4.98 Å². The zero-order chi connectivity index (χ0) is 24.0. The summed E-state index contributed by atoms with van der Waals surface area (Å²) in [6.45, 7) is 10.9. The van der Waals surface area contributed by atoms with Crippen LogP contribution in [-0.2, 0) is 0 Å². The van der Waals surface area contributed by atoms with E-state index in [4.69, 9.17) is 17.2 Å². The highest BCUT2D eigenvalue weighted by atomic mass is 32.1. The molecule has 4 nitrogen and oxygen atoms in total. The van der Waals surface area contributed by atoms with Gasteiger partial charge in [-0.15, -0.1) is 0 Å². The fourth-order valence-electron chi connectivity index (χ4n) is 5.42. The molecule has 4 aromatic rings. The van der Waals surface area contributed by atoms with Crippen molar-refractivity contribution >= 4 is 23.0 Å². The second kappa shape index (κ2) is 8.73. The zero-order valence-electron chi connectivity index (χ0n) is 20.3. The number of rotatable bonds is 4. The summed E-state index contributed by atoms with van der Waals surface area (Å²) < 4.78 is 2.36. The molecule has 0 saturated carbocycles. The van der Waals surface area contributed by atoms with Crippen molar-refractivity contribution in [1.82, 2.24) is 14.9 Å². The van der Waals surface area contributed by atoms with E-state index in [1.54, 1.807) is 0 Å². The van der Waals surface area contributed by atoms with E-state index in [-0.39, 0.29) is 12.1 Å². The first kappa shape index (κ1) is 22.4. The fourth-order valence-corrected chi connectivity index (χ4v) is 5.77. The fraction of sp³-hybridized carbons (Fsp3) is 0.241. The average Bonchev–Trinajstić information content (AvgIpc) is 3.26. The number of aromatic nitrogens is 2. The monoisotopic (exact) mass is 466 g/mol. The summed E-state index contributed by atoms with van der Waals surface area (Å²) in [5.41, 5.74) is 10.8. The van der Waals surface area contributed by atoms with E-state index in [2.05, 4.69) is 104 Å². The summed E-state index contributed by atoms with van der Waals surface area (Å²) in [6.07, 6.45) is 1.86. The molecule has 0 unspecified atom stereocenters. The van der Waals surface area contributed by atoms with Crippen LogP contribution in [-0.4, -0.2) is 14.7 Å². The SMILES string of the molecule is Cc1cc(C)cc(N2C(=S)N[C@H](c3ccccn3)[C@H]2c2c(C)c(C)n(-c3ccccc3)c2C)c1. The summed E-state index contributed by atoms with van der Waals surface area (Å²) in [6, 6.07) is 23.2. The third-order valence-corrected chi connectivity index (χ3v) is 7.21. The van der Waals surface area contributed by atoms with Crippen LogP contribution in [0.1, 0.15) is 51.4 Å². The number of aryl methyl sites for hydroxylation is 2. The summed E-state index contributed by atoms with van der Waals surface area (Å²) in [4.78, 5) is 7.02. The summed E-state index contributed by atoms with van der Waals surface area (Å²) in [5.74, 6) is 0. The van der Waals surface area contributed by atoms with E-state index in [0.717, 1.165) is 16.5 Å². The molecule has 5 rings (SSSR count). The topological polar surface area (TPSA) is 33.1 Å². The summed E-state index contributed by atoms with van der Waals surface area (Å²) in [7, 11) is 0. The molecule has 1 aliphatic rings. The lowest BCUT2D eigenvalue weighted by Gasteiger charge is -2.29. The smallest absolute Gasteiger partial charge is 0.174 e. The number of nitrogens with zero attached hydrogens (tertiary/aromatic N) is 3. The van der Waals surface area contributed by atoms with E-state index >= 15 is 0 Å². The van der Waals surface area contributed by atoms with Crippen LogP contribution >= 0.6 is 12.2 Å². The molecule has 1 N–H and O–H groups in total. The van der Waals surface area contributed by atoms with Gasteiger partial charge in [-0.1, -0.05) is 30.3 Å². The van der Waals surface area contributed by atoms with Crippen molar-refractivity contribution in [3.05, 3.63) is 112 Å². The Balaban J connectivity index is 1.75. The Labute approximate surface area is 207 Å². The van der Waals surface area contributed by atoms with Crippen LogP contribution in [0.3, 0.4) is 0 Å². The molecule has 172 valence electrons. The van der Waals surface area contributed by atoms with Crippen LogP contribution < -0.4 is 10.2 Å². The van der Waals surface area contributed by atoms with Crippen LogP contribution in [0.5, 0.6) is 0 Å². The molecule has 2 atom stereocenters. The number of benzene rings is 2. The average molecular weight is 467 g/mol. The van der Waals surface area contributed by atoms with E-state index in [0.29, 0.717) is 0 Å². The molecule has 3 heterocycles. The van der Waals surface area contributed by atoms with Crippen LogP contribution in [0.25, 0.3) is 5.69 Å². The highest BCUT2D eigenvalue weighted by molar-refractivity contribution is 7.80. The number of anilines is 1. The van der Waals surface area contributed by atoms with Gasteiger partial charge in [0.05, 0.1) is 17.8 Å². The molecule has 1 fully saturated rings. The molecule has 5 heteroatoms. The minimum absolute atomic E-state index is 0.0211. The van der Waals surface area contributed by atoms with Gasteiger partial charge in [-0.25, -0.2) is 0 Å². The molecule has 0 aliphatic carbocycles. The minimum Gasteiger partial charge on any atom is -0.351 e. The lowest BCUT2D eigenvalue weighted by molar-refractivity contribution is 0.563. The summed E-state index contributed by atoms with van der Waals surface area (Å²) >= 11 is 5.96. The van der Waals surface area contributed by atoms with E-state index < -0.39 is 0 Å². The van der Waals surface area contributed by atoms with Crippen molar-refractivity contribution in [2.75, 3.05) is 4.90 Å². The van der Waals surface area contributed by atoms with Crippen LogP contribution in [0.2, 0.25) is 0 Å². The maximum absolute atomic E-state index is 5.96. The largest absolute Gasteiger partial charge is 0.351 e. The van der Waals surface area contributed by atoms with Crippen molar-refractivity contribution in [1.29, 1.82) is 0 Å². The standard InChI is InChI=1S/C29H30N4S/c1-18-15-19(2)17-24(16-18)33-28(27(31-29(33)34)25-13-9-10-14-30-25)26-20(3)21(4)32(22(26)5)23-11-7-6-8-12-23/h6-17,27-28H,1-5H3,(H,31,34)/t27-,28-/m1/s1. The lowest BCUT2D eigenvalue weighted by Crippen LogP contribution is -2.30. The van der Waals surface area contributed by atoms with Gasteiger partial charge in [-0.05, 0) is 99.9 Å². The zero-order valence-corrected chi connectivity index (χ0v) is 21.1. The molecule has 34 heavy (non-hydrogen) atoms. The minimum atomic E-state index is -0.0575. The van der Waals surface area contributed by atoms with Gasteiger partial charge in [0.1, 0.15) is 0 Å². The third-order valence-electron chi connectivity index (χ3n) is 6.90. The predicted octanol–water partition coefficient (Wildman–Crippen LogP) is 6.59. The Morgan fingerprint density at radius 3 is 2.12 bits per heavy atom. The Kier molecular flexibility index (Phi) is 5.74. The first-order chi connectivity index (χ1) is 16.4. The number of nitrogens with one attached hydrogen (secondary N) is 1. The number of thiocarbonyl (C=S) groups is 1. The van der Waals surface area contributed by atoms with Crippen LogP contribution in [0.15, 0.2) is 72.9 Å². The van der Waals surface area contributed by atoms with Gasteiger partial charge >= 0.3 is 0 Å². The molecule has 2 aromatic heterocycles. The number of para-hydroxylation sites is 1. The molecule has 1 saturated heterocycles. The van der Waals surface area contributed by atoms with E-state index in [1.165, 1.54) is 39.3 Å². The van der Waals surface area contributed by atoms with Crippen molar-refractivity contribution in [2.24, 2.45) is 0 Å². The van der Waals surface area contributed by atoms with E-state index in [1.807, 2.05) is 18.3 Å². The molecular formula is C29H30N4S. The summed E-state index contributed by atoms with van der Waals surface area (Å²) in [5, 5.41) is 4.35. The Bertz CT molecular complexity index is 1340. The van der Waals surface area contributed by atoms with Gasteiger partial charge in [0.15, 0.2) is 5.11 Å². The third kappa shape index (κ3) is 3.70. The molecule has 0 amide bonds. The van der Waals surface area contributed by atoms with E-state index in [9.17, 15) is 0 Å². The van der Waals surface area contributed by atoms with Crippen molar-refractivity contribution in [2.45, 2.75) is 46.7 Å². The van der Waals surface area contributed by atoms with Gasteiger partial charge in [0.25, 0.3) is 0 Å². The molecule has 0 spiro atoms. The Morgan fingerprint density at radius 2 is 1.47 bits per heavy atom. The van der Waals surface area contributed by atoms with Gasteiger partial charge in [0.2, 0.25) is 0 Å². The number of hydrogen-bond donors (Lipinski definition) is 1. The number of pyridine rings is 1. The van der Waals surface area contributed by atoms with Gasteiger partial charge in [0, 0.05) is 34.5 Å². The van der Waals surface area contributed by atoms with Gasteiger partial charge in [-0.2, -0.15) is 0 Å². The first-order valence-corrected chi connectivity index (χ1v) is 12.1. The highest BCUT2D eigenvalue weighted by Crippen LogP contribution is 2.45. The molecule has 2 aromatic carbocycles. The first-order valence-electron chi connectivity index (χ1n) is 11.7. The predicted molar refractivity (Wildman–Crippen MR) is 144 cm³/mol. The van der Waals surface area contributed by atoms with Crippen molar-refractivity contribution in [3.63, 3.8) is 0 Å². The number of hydrogen-bond acceptors (Lipinski definition) is 2. The van der Waals surface area contributed by atoms with Crippen LogP contribution in [0.4, 0.5) is 5.69 Å². The molecule has 1 aliphatic heterocycles. The highest BCUT2D eigenvalue weighted by Gasteiger charge is 2.43. The molecule has 0 radical (unpaired) electrons. The van der Waals surface area contributed by atoms with Crippen LogP contribution in [0, 0.1) is 34.6 Å². The Hall–Kier alpha value is -3.44. The normalized spacial score (nSPS) is 17.8. The van der Waals surface area contributed by atoms with Crippen molar-refractivity contribution in [3.8, 4) is 5.69 Å². The van der Waals surface area contributed by atoms with Crippen molar-refractivity contribution < 1.29 is 0 Å². The quantitative estimate of drug-likeness (QED) is 0.344. The maximum Gasteiger partial charge on any atom is 0.174 e. The Morgan fingerprint density at radius 1 is 0.794 bits per heavy atom. The lowest BCUT2D eigenvalue weighted by atomic mass is 9.93.